The smallest absolute Gasteiger partial charge is 0.414 e. The Morgan fingerprint density at radius 3 is 2.27 bits per heavy atom. The van der Waals surface area contributed by atoms with Gasteiger partial charge in [0, 0.05) is 32.1 Å². The van der Waals surface area contributed by atoms with Crippen molar-refractivity contribution in [3.63, 3.8) is 0 Å². The van der Waals surface area contributed by atoms with Crippen LogP contribution >= 0.6 is 0 Å². The number of nitrogens with one attached hydrogen (secondary N) is 1. The van der Waals surface area contributed by atoms with E-state index in [4.69, 9.17) is 4.74 Å². The molecular weight excluding hydrogens is 472 g/mol. The van der Waals surface area contributed by atoms with Crippen LogP contribution in [0.4, 0.5) is 16.2 Å². The van der Waals surface area contributed by atoms with Crippen molar-refractivity contribution in [1.29, 1.82) is 0 Å². The van der Waals surface area contributed by atoms with Gasteiger partial charge in [0.25, 0.3) is 5.91 Å². The number of amides is 4. The van der Waals surface area contributed by atoms with E-state index in [1.807, 2.05) is 42.2 Å². The molecule has 1 heterocycles. The predicted octanol–water partition coefficient (Wildman–Crippen LogP) is 3.67. The number of likely N-dealkylation sites (N-methyl/N-ethyl adjacent to an activating group) is 2. The van der Waals surface area contributed by atoms with E-state index in [1.54, 1.807) is 37.9 Å². The number of ether oxygens (including phenoxy) is 1. The van der Waals surface area contributed by atoms with Crippen LogP contribution in [0, 0.1) is 5.92 Å². The molecule has 0 aromatic heterocycles. The molecule has 0 bridgehead atoms. The van der Waals surface area contributed by atoms with Crippen molar-refractivity contribution in [1.82, 2.24) is 10.2 Å². The Hall–Kier alpha value is -3.88. The summed E-state index contributed by atoms with van der Waals surface area (Å²) in [5.74, 6) is -0.352. The summed E-state index contributed by atoms with van der Waals surface area (Å²) < 4.78 is 5.51. The van der Waals surface area contributed by atoms with E-state index in [1.165, 1.54) is 11.9 Å². The molecule has 1 saturated carbocycles. The number of hydrogen-bond donors (Lipinski definition) is 1. The summed E-state index contributed by atoms with van der Waals surface area (Å²) in [5.41, 5.74) is 3.48. The van der Waals surface area contributed by atoms with Crippen molar-refractivity contribution >= 4 is 35.2 Å². The van der Waals surface area contributed by atoms with E-state index in [0.717, 1.165) is 24.0 Å². The first kappa shape index (κ1) is 26.2. The fourth-order valence-corrected chi connectivity index (χ4v) is 4.50. The van der Waals surface area contributed by atoms with Gasteiger partial charge in [0.2, 0.25) is 11.8 Å². The molecule has 0 saturated heterocycles. The van der Waals surface area contributed by atoms with Gasteiger partial charge in [0.05, 0.1) is 30.1 Å². The topological polar surface area (TPSA) is 99.3 Å². The Morgan fingerprint density at radius 1 is 1.03 bits per heavy atom. The van der Waals surface area contributed by atoms with Gasteiger partial charge in [-0.1, -0.05) is 18.2 Å². The highest BCUT2D eigenvalue weighted by atomic mass is 16.6. The maximum atomic E-state index is 13.1. The second-order valence-electron chi connectivity index (χ2n) is 9.99. The third-order valence-electron chi connectivity index (χ3n) is 6.61. The van der Waals surface area contributed by atoms with Crippen molar-refractivity contribution in [3.05, 3.63) is 48.0 Å². The van der Waals surface area contributed by atoms with E-state index >= 15 is 0 Å². The second-order valence-corrected chi connectivity index (χ2v) is 9.99. The summed E-state index contributed by atoms with van der Waals surface area (Å²) in [5, 5.41) is 2.51. The lowest BCUT2D eigenvalue weighted by molar-refractivity contribution is -0.121. The van der Waals surface area contributed by atoms with Gasteiger partial charge in [0.1, 0.15) is 0 Å². The van der Waals surface area contributed by atoms with Crippen molar-refractivity contribution in [2.75, 3.05) is 37.0 Å². The molecule has 1 fully saturated rings. The molecule has 0 radical (unpaired) electrons. The molecule has 1 aliphatic heterocycles. The maximum absolute atomic E-state index is 13.1. The third kappa shape index (κ3) is 5.60. The zero-order valence-electron chi connectivity index (χ0n) is 22.0. The molecule has 9 nitrogen and oxygen atoms in total. The minimum absolute atomic E-state index is 0.0290. The van der Waals surface area contributed by atoms with E-state index in [2.05, 4.69) is 5.32 Å². The van der Waals surface area contributed by atoms with Gasteiger partial charge in [-0.25, -0.2) is 4.79 Å². The third-order valence-corrected chi connectivity index (χ3v) is 6.61. The zero-order valence-corrected chi connectivity index (χ0v) is 22.0. The van der Waals surface area contributed by atoms with Crippen LogP contribution in [0.25, 0.3) is 11.1 Å². The average Bonchev–Trinajstić information content (AvgIpc) is 3.72. The highest BCUT2D eigenvalue weighted by Gasteiger charge is 2.41. The lowest BCUT2D eigenvalue weighted by Gasteiger charge is -2.41. The van der Waals surface area contributed by atoms with Gasteiger partial charge in [-0.15, -0.1) is 0 Å². The van der Waals surface area contributed by atoms with Crippen LogP contribution in [-0.4, -0.2) is 68.0 Å². The molecule has 2 aromatic rings. The van der Waals surface area contributed by atoms with Gasteiger partial charge < -0.3 is 19.9 Å². The van der Waals surface area contributed by atoms with Gasteiger partial charge in [-0.2, -0.15) is 0 Å². The molecule has 1 aliphatic carbocycles. The van der Waals surface area contributed by atoms with E-state index in [9.17, 15) is 19.2 Å². The summed E-state index contributed by atoms with van der Waals surface area (Å²) >= 11 is 0. The van der Waals surface area contributed by atoms with Crippen LogP contribution < -0.4 is 15.1 Å². The Labute approximate surface area is 217 Å². The highest BCUT2D eigenvalue weighted by Crippen LogP contribution is 2.42. The molecule has 1 atom stereocenters. The molecule has 37 heavy (non-hydrogen) atoms. The molecule has 4 rings (SSSR count). The molecule has 9 heteroatoms. The van der Waals surface area contributed by atoms with Gasteiger partial charge in [0.15, 0.2) is 0 Å². The average molecular weight is 507 g/mol. The maximum Gasteiger partial charge on any atom is 0.414 e. The van der Waals surface area contributed by atoms with Crippen molar-refractivity contribution < 1.29 is 23.9 Å². The zero-order chi connectivity index (χ0) is 26.9. The number of benzene rings is 2. The first-order valence-corrected chi connectivity index (χ1v) is 12.6. The quantitative estimate of drug-likeness (QED) is 0.645. The van der Waals surface area contributed by atoms with E-state index < -0.39 is 6.09 Å². The van der Waals surface area contributed by atoms with Gasteiger partial charge in [-0.3, -0.25) is 19.3 Å². The first-order valence-electron chi connectivity index (χ1n) is 12.6. The van der Waals surface area contributed by atoms with Crippen LogP contribution in [0.2, 0.25) is 0 Å². The van der Waals surface area contributed by atoms with Crippen molar-refractivity contribution in [2.24, 2.45) is 5.92 Å². The standard InChI is InChI=1S/C28H34N4O5/c1-17(2)37-28(36)31-15-18(3)32(27(35)21-10-11-21)23-13-12-22(14-24(23)31)19-6-8-20(9-7-19)26(34)30(5)16-25(33)29-4/h6-9,12-14,17-18,21H,10-11,15-16H2,1-5H3,(H,29,33)/t18-/m0/s1. The summed E-state index contributed by atoms with van der Waals surface area (Å²) in [6.45, 7) is 5.87. The normalized spacial score (nSPS) is 16.8. The monoisotopic (exact) mass is 506 g/mol. The Morgan fingerprint density at radius 2 is 1.68 bits per heavy atom. The molecule has 4 amide bonds. The largest absolute Gasteiger partial charge is 0.446 e. The number of anilines is 2. The highest BCUT2D eigenvalue weighted by molar-refractivity contribution is 6.05. The molecule has 196 valence electrons. The summed E-state index contributed by atoms with van der Waals surface area (Å²) in [6.07, 6.45) is 1.08. The van der Waals surface area contributed by atoms with Gasteiger partial charge >= 0.3 is 6.09 Å². The summed E-state index contributed by atoms with van der Waals surface area (Å²) in [6, 6.07) is 12.6. The number of carbonyl (C=O) groups is 4. The van der Waals surface area contributed by atoms with Crippen LogP contribution in [0.5, 0.6) is 0 Å². The fraction of sp³-hybridized carbons (Fsp3) is 0.429. The molecule has 2 aromatic carbocycles. The molecule has 0 spiro atoms. The SMILES string of the molecule is CNC(=O)CN(C)C(=O)c1ccc(-c2ccc3c(c2)N(C(=O)OC(C)C)C[C@H](C)N3C(=O)C2CC2)cc1. The molecule has 0 unspecified atom stereocenters. The van der Waals surface area contributed by atoms with Crippen LogP contribution in [0.15, 0.2) is 42.5 Å². The Balaban J connectivity index is 1.65. The Kier molecular flexibility index (Phi) is 7.52. The lowest BCUT2D eigenvalue weighted by atomic mass is 9.99. The predicted molar refractivity (Wildman–Crippen MR) is 142 cm³/mol. The van der Waals surface area contributed by atoms with Crippen molar-refractivity contribution in [3.8, 4) is 11.1 Å². The number of carbonyl (C=O) groups excluding carboxylic acids is 4. The second kappa shape index (κ2) is 10.6. The van der Waals surface area contributed by atoms with E-state index in [0.29, 0.717) is 23.5 Å². The van der Waals surface area contributed by atoms with Crippen LogP contribution in [-0.2, 0) is 14.3 Å². The van der Waals surface area contributed by atoms with Gasteiger partial charge in [-0.05, 0) is 69.0 Å². The molecule has 2 aliphatic rings. The van der Waals surface area contributed by atoms with Crippen molar-refractivity contribution in [2.45, 2.75) is 45.8 Å². The molecule has 1 N–H and O–H groups in total. The number of rotatable bonds is 6. The minimum atomic E-state index is -0.445. The Bertz CT molecular complexity index is 1210. The summed E-state index contributed by atoms with van der Waals surface area (Å²) in [4.78, 5) is 55.2. The lowest BCUT2D eigenvalue weighted by Crippen LogP contribution is -2.52. The van der Waals surface area contributed by atoms with Crippen LogP contribution in [0.3, 0.4) is 0 Å². The number of nitrogens with zero attached hydrogens (tertiary/aromatic N) is 3. The number of hydrogen-bond acceptors (Lipinski definition) is 5. The fourth-order valence-electron chi connectivity index (χ4n) is 4.50. The first-order chi connectivity index (χ1) is 17.6. The minimum Gasteiger partial charge on any atom is -0.446 e. The summed E-state index contributed by atoms with van der Waals surface area (Å²) in [7, 11) is 3.11. The van der Waals surface area contributed by atoms with E-state index in [-0.39, 0.29) is 42.3 Å². The number of fused-ring (bicyclic) bond motifs is 1. The van der Waals surface area contributed by atoms with Crippen LogP contribution in [0.1, 0.15) is 44.0 Å². The molecular formula is C28H34N4O5.